The van der Waals surface area contributed by atoms with Crippen LogP contribution in [0.1, 0.15) is 5.69 Å². The average molecular weight is 330 g/mol. The fraction of sp³-hybridized carbons (Fsp3) is 0.182. The zero-order valence-corrected chi connectivity index (χ0v) is 11.1. The van der Waals surface area contributed by atoms with Crippen LogP contribution in [0.25, 0.3) is 10.9 Å². The highest BCUT2D eigenvalue weighted by molar-refractivity contribution is 14.0. The van der Waals surface area contributed by atoms with Crippen molar-refractivity contribution in [3.05, 3.63) is 36.0 Å². The molecule has 1 aromatic carbocycles. The Morgan fingerprint density at radius 2 is 2.00 bits per heavy atom. The van der Waals surface area contributed by atoms with Crippen molar-refractivity contribution >= 4 is 40.8 Å². The molecule has 0 amide bonds. The topological polar surface area (TPSA) is 80.2 Å². The molecule has 4 nitrogen and oxygen atoms in total. The minimum Gasteiger partial charge on any atom is -0.370 e. The molecule has 0 aliphatic rings. The number of guanidine groups is 1. The van der Waals surface area contributed by atoms with Gasteiger partial charge in [0.2, 0.25) is 0 Å². The fourth-order valence-electron chi connectivity index (χ4n) is 1.57. The fourth-order valence-corrected chi connectivity index (χ4v) is 1.57. The second kappa shape index (κ2) is 5.74. The van der Waals surface area contributed by atoms with Gasteiger partial charge in [-0.2, -0.15) is 0 Å². The molecule has 0 aliphatic carbocycles. The van der Waals surface area contributed by atoms with Crippen LogP contribution >= 0.6 is 24.0 Å². The molecule has 0 saturated carbocycles. The summed E-state index contributed by atoms with van der Waals surface area (Å²) in [7, 11) is 0. The summed E-state index contributed by atoms with van der Waals surface area (Å²) in [6, 6.07) is 10.3. The van der Waals surface area contributed by atoms with E-state index in [9.17, 15) is 0 Å². The van der Waals surface area contributed by atoms with E-state index in [4.69, 9.17) is 11.5 Å². The normalized spacial score (nSPS) is 9.75. The highest BCUT2D eigenvalue weighted by Crippen LogP contribution is 2.14. The lowest BCUT2D eigenvalue weighted by Gasteiger charge is -1.93. The predicted molar refractivity (Wildman–Crippen MR) is 78.1 cm³/mol. The molecule has 86 valence electrons. The summed E-state index contributed by atoms with van der Waals surface area (Å²) in [5.74, 6) is 0.145. The lowest BCUT2D eigenvalue weighted by molar-refractivity contribution is 0.935. The third kappa shape index (κ3) is 3.13. The van der Waals surface area contributed by atoms with Crippen molar-refractivity contribution < 1.29 is 0 Å². The summed E-state index contributed by atoms with van der Waals surface area (Å²) in [6.07, 6.45) is 0.826. The number of fused-ring (bicyclic) bond motifs is 1. The summed E-state index contributed by atoms with van der Waals surface area (Å²) < 4.78 is 0. The third-order valence-electron chi connectivity index (χ3n) is 2.26. The molecule has 0 unspecified atom stereocenters. The molecule has 1 aromatic heterocycles. The number of hydrogen-bond donors (Lipinski definition) is 3. The van der Waals surface area contributed by atoms with Crippen molar-refractivity contribution in [2.45, 2.75) is 6.42 Å². The Balaban J connectivity index is 0.00000128. The lowest BCUT2D eigenvalue weighted by atomic mass is 10.2. The van der Waals surface area contributed by atoms with Crippen LogP contribution in [0, 0.1) is 0 Å². The highest BCUT2D eigenvalue weighted by atomic mass is 127. The SMILES string of the molecule is I.NC(N)=NCCc1cc2ccccc2[nH]1. The van der Waals surface area contributed by atoms with Crippen molar-refractivity contribution in [1.82, 2.24) is 4.98 Å². The number of halogens is 1. The second-order valence-electron chi connectivity index (χ2n) is 3.44. The number of benzene rings is 1. The Bertz CT molecular complexity index is 452. The van der Waals surface area contributed by atoms with Gasteiger partial charge in [-0.3, -0.25) is 4.99 Å². The number of para-hydroxylation sites is 1. The van der Waals surface area contributed by atoms with E-state index in [1.165, 1.54) is 5.39 Å². The predicted octanol–water partition coefficient (Wildman–Crippen LogP) is 1.60. The number of nitrogens with zero attached hydrogens (tertiary/aromatic N) is 1. The van der Waals surface area contributed by atoms with Gasteiger partial charge in [0, 0.05) is 24.2 Å². The number of hydrogen-bond acceptors (Lipinski definition) is 1. The lowest BCUT2D eigenvalue weighted by Crippen LogP contribution is -2.23. The molecule has 2 rings (SSSR count). The summed E-state index contributed by atoms with van der Waals surface area (Å²) in [4.78, 5) is 7.26. The van der Waals surface area contributed by atoms with Crippen LogP contribution in [-0.2, 0) is 6.42 Å². The zero-order chi connectivity index (χ0) is 10.7. The van der Waals surface area contributed by atoms with Crippen LogP contribution in [0.15, 0.2) is 35.3 Å². The Morgan fingerprint density at radius 3 is 2.69 bits per heavy atom. The molecule has 0 radical (unpaired) electrons. The zero-order valence-electron chi connectivity index (χ0n) is 8.81. The Kier molecular flexibility index (Phi) is 4.60. The molecular weight excluding hydrogens is 315 g/mol. The molecule has 5 heteroatoms. The smallest absolute Gasteiger partial charge is 0.185 e. The molecule has 0 fully saturated rings. The Labute approximate surface area is 111 Å². The number of nitrogens with one attached hydrogen (secondary N) is 1. The van der Waals surface area contributed by atoms with E-state index in [-0.39, 0.29) is 29.9 Å². The van der Waals surface area contributed by atoms with Crippen LogP contribution in [0.3, 0.4) is 0 Å². The Hall–Kier alpha value is -1.24. The summed E-state index contributed by atoms with van der Waals surface area (Å²) in [5.41, 5.74) is 12.8. The molecule has 1 heterocycles. The molecule has 0 saturated heterocycles. The van der Waals surface area contributed by atoms with Crippen LogP contribution < -0.4 is 11.5 Å². The number of aliphatic imine (C=N–C) groups is 1. The molecule has 2 aromatic rings. The van der Waals surface area contributed by atoms with Gasteiger partial charge in [0.1, 0.15) is 0 Å². The first-order valence-electron chi connectivity index (χ1n) is 4.88. The Morgan fingerprint density at radius 1 is 1.25 bits per heavy atom. The molecule has 0 atom stereocenters. The molecular formula is C11H15IN4. The van der Waals surface area contributed by atoms with Gasteiger partial charge < -0.3 is 16.5 Å². The van der Waals surface area contributed by atoms with Gasteiger partial charge >= 0.3 is 0 Å². The van der Waals surface area contributed by atoms with Gasteiger partial charge in [-0.05, 0) is 17.5 Å². The van der Waals surface area contributed by atoms with Crippen LogP contribution in [0.2, 0.25) is 0 Å². The summed E-state index contributed by atoms with van der Waals surface area (Å²) in [6.45, 7) is 0.620. The van der Waals surface area contributed by atoms with Crippen molar-refractivity contribution in [2.24, 2.45) is 16.5 Å². The van der Waals surface area contributed by atoms with E-state index in [0.29, 0.717) is 6.54 Å². The van der Waals surface area contributed by atoms with Crippen molar-refractivity contribution in [1.29, 1.82) is 0 Å². The van der Waals surface area contributed by atoms with E-state index in [2.05, 4.69) is 28.2 Å². The van der Waals surface area contributed by atoms with Crippen molar-refractivity contribution in [2.75, 3.05) is 6.54 Å². The van der Waals surface area contributed by atoms with Gasteiger partial charge in [-0.25, -0.2) is 0 Å². The number of nitrogens with two attached hydrogens (primary N) is 2. The first-order valence-corrected chi connectivity index (χ1v) is 4.88. The van der Waals surface area contributed by atoms with Crippen molar-refractivity contribution in [3.63, 3.8) is 0 Å². The van der Waals surface area contributed by atoms with Crippen LogP contribution in [0.4, 0.5) is 0 Å². The average Bonchev–Trinajstić information content (AvgIpc) is 2.59. The number of rotatable bonds is 3. The van der Waals surface area contributed by atoms with Gasteiger partial charge in [-0.1, -0.05) is 18.2 Å². The van der Waals surface area contributed by atoms with Gasteiger partial charge in [0.05, 0.1) is 0 Å². The third-order valence-corrected chi connectivity index (χ3v) is 2.26. The minimum atomic E-state index is 0. The van der Waals surface area contributed by atoms with E-state index >= 15 is 0 Å². The van der Waals surface area contributed by atoms with E-state index in [1.807, 2.05) is 12.1 Å². The second-order valence-corrected chi connectivity index (χ2v) is 3.44. The van der Waals surface area contributed by atoms with Gasteiger partial charge in [0.15, 0.2) is 5.96 Å². The molecule has 5 N–H and O–H groups in total. The highest BCUT2D eigenvalue weighted by Gasteiger charge is 1.98. The number of H-pyrrole nitrogens is 1. The van der Waals surface area contributed by atoms with Crippen molar-refractivity contribution in [3.8, 4) is 0 Å². The number of aromatic nitrogens is 1. The first-order chi connectivity index (χ1) is 7.25. The molecule has 0 spiro atoms. The quantitative estimate of drug-likeness (QED) is 0.454. The summed E-state index contributed by atoms with van der Waals surface area (Å²) >= 11 is 0. The van der Waals surface area contributed by atoms with Gasteiger partial charge in [-0.15, -0.1) is 24.0 Å². The maximum Gasteiger partial charge on any atom is 0.185 e. The maximum atomic E-state index is 5.25. The minimum absolute atomic E-state index is 0. The van der Waals surface area contributed by atoms with Crippen LogP contribution in [0.5, 0.6) is 0 Å². The maximum absolute atomic E-state index is 5.25. The largest absolute Gasteiger partial charge is 0.370 e. The standard InChI is InChI=1S/C11H14N4.HI/c12-11(13)14-6-5-9-7-8-3-1-2-4-10(8)15-9;/h1-4,7,15H,5-6H2,(H4,12,13,14);1H. The molecule has 16 heavy (non-hydrogen) atoms. The monoisotopic (exact) mass is 330 g/mol. The van der Waals surface area contributed by atoms with E-state index < -0.39 is 0 Å². The van der Waals surface area contributed by atoms with E-state index in [0.717, 1.165) is 17.6 Å². The molecule has 0 bridgehead atoms. The molecule has 0 aliphatic heterocycles. The van der Waals surface area contributed by atoms with E-state index in [1.54, 1.807) is 0 Å². The summed E-state index contributed by atoms with van der Waals surface area (Å²) in [5, 5.41) is 1.22. The van der Waals surface area contributed by atoms with Crippen LogP contribution in [-0.4, -0.2) is 17.5 Å². The number of aromatic amines is 1. The first kappa shape index (κ1) is 12.8. The van der Waals surface area contributed by atoms with Gasteiger partial charge in [0.25, 0.3) is 0 Å².